The van der Waals surface area contributed by atoms with Gasteiger partial charge in [-0.15, -0.1) is 0 Å². The Morgan fingerprint density at radius 1 is 1.33 bits per heavy atom. The molecule has 2 aromatic rings. The van der Waals surface area contributed by atoms with Gasteiger partial charge in [0.2, 0.25) is 5.91 Å². The summed E-state index contributed by atoms with van der Waals surface area (Å²) in [6, 6.07) is 9.59. The van der Waals surface area contributed by atoms with E-state index in [0.717, 1.165) is 5.56 Å². The summed E-state index contributed by atoms with van der Waals surface area (Å²) in [7, 11) is 0. The van der Waals surface area contributed by atoms with Gasteiger partial charge < -0.3 is 10.1 Å². The van der Waals surface area contributed by atoms with Crippen LogP contribution in [0.15, 0.2) is 30.3 Å². The number of carbonyl (C=O) groups is 1. The number of hydrogen-bond donors (Lipinski definition) is 1. The lowest BCUT2D eigenvalue weighted by molar-refractivity contribution is -0.133. The molecular weight excluding hydrogens is 316 g/mol. The number of halogens is 2. The minimum atomic E-state index is -2.71. The zero-order chi connectivity index (χ0) is 17.3. The second-order valence-electron chi connectivity index (χ2n) is 6.04. The molecule has 3 rings (SSSR count). The molecule has 1 aliphatic rings. The van der Waals surface area contributed by atoms with Crippen LogP contribution in [0.2, 0.25) is 0 Å². The van der Waals surface area contributed by atoms with Crippen molar-refractivity contribution in [1.82, 2.24) is 15.1 Å². The zero-order valence-corrected chi connectivity index (χ0v) is 13.6. The Bertz CT molecular complexity index is 740. The summed E-state index contributed by atoms with van der Waals surface area (Å²) in [4.78, 5) is 12.5. The zero-order valence-electron chi connectivity index (χ0n) is 13.6. The second kappa shape index (κ2) is 6.32. The lowest BCUT2D eigenvalue weighted by atomic mass is 9.87. The van der Waals surface area contributed by atoms with Crippen LogP contribution in [-0.2, 0) is 21.5 Å². The molecule has 24 heavy (non-hydrogen) atoms. The molecule has 1 amide bonds. The molecule has 0 aliphatic carbocycles. The van der Waals surface area contributed by atoms with Crippen molar-refractivity contribution < 1.29 is 18.3 Å². The third-order valence-electron chi connectivity index (χ3n) is 4.40. The summed E-state index contributed by atoms with van der Waals surface area (Å²) < 4.78 is 31.7. The van der Waals surface area contributed by atoms with Crippen LogP contribution in [0.5, 0.6) is 0 Å². The molecule has 5 nitrogen and oxygen atoms in total. The Labute approximate surface area is 138 Å². The minimum absolute atomic E-state index is 0.0129. The van der Waals surface area contributed by atoms with Crippen LogP contribution in [0.4, 0.5) is 8.78 Å². The Kier molecular flexibility index (Phi) is 4.36. The molecule has 0 saturated carbocycles. The predicted octanol–water partition coefficient (Wildman–Crippen LogP) is 2.48. The summed E-state index contributed by atoms with van der Waals surface area (Å²) in [5.41, 5.74) is 1.73. The van der Waals surface area contributed by atoms with E-state index in [1.165, 1.54) is 0 Å². The van der Waals surface area contributed by atoms with E-state index in [1.54, 1.807) is 13.8 Å². The lowest BCUT2D eigenvalue weighted by Crippen LogP contribution is -2.59. The van der Waals surface area contributed by atoms with Crippen LogP contribution in [0.3, 0.4) is 0 Å². The maximum Gasteiger partial charge on any atom is 0.333 e. The van der Waals surface area contributed by atoms with Gasteiger partial charge >= 0.3 is 6.55 Å². The first kappa shape index (κ1) is 16.6. The number of aromatic nitrogens is 2. The normalized spacial score (nSPS) is 16.0. The number of nitrogens with zero attached hydrogens (tertiary/aromatic N) is 2. The van der Waals surface area contributed by atoms with E-state index < -0.39 is 12.1 Å². The van der Waals surface area contributed by atoms with E-state index in [1.807, 2.05) is 30.3 Å². The fraction of sp³-hybridized carbons (Fsp3) is 0.412. The number of hydrogen-bond acceptors (Lipinski definition) is 3. The molecule has 1 aromatic carbocycles. The van der Waals surface area contributed by atoms with Gasteiger partial charge in [0.15, 0.2) is 0 Å². The fourth-order valence-corrected chi connectivity index (χ4v) is 2.99. The van der Waals surface area contributed by atoms with Crippen molar-refractivity contribution in [3.63, 3.8) is 0 Å². The lowest BCUT2D eigenvalue weighted by Gasteiger charge is -2.42. The van der Waals surface area contributed by atoms with Crippen LogP contribution in [0.25, 0.3) is 0 Å². The number of ether oxygens (including phenoxy) is 1. The van der Waals surface area contributed by atoms with Gasteiger partial charge in [-0.3, -0.25) is 4.79 Å². The van der Waals surface area contributed by atoms with Crippen LogP contribution < -0.4 is 5.32 Å². The Morgan fingerprint density at radius 3 is 2.50 bits per heavy atom. The Morgan fingerprint density at radius 2 is 2.00 bits per heavy atom. The van der Waals surface area contributed by atoms with E-state index in [-0.39, 0.29) is 12.3 Å². The molecule has 0 spiro atoms. The molecule has 0 unspecified atom stereocenters. The average molecular weight is 335 g/mol. The van der Waals surface area contributed by atoms with Gasteiger partial charge in [-0.05, 0) is 19.4 Å². The van der Waals surface area contributed by atoms with Crippen LogP contribution >= 0.6 is 0 Å². The van der Waals surface area contributed by atoms with E-state index >= 15 is 0 Å². The number of nitrogens with one attached hydrogen (secondary N) is 1. The monoisotopic (exact) mass is 335 g/mol. The molecule has 1 aromatic heterocycles. The molecule has 0 bridgehead atoms. The number of amides is 1. The molecule has 0 atom stereocenters. The first-order valence-corrected chi connectivity index (χ1v) is 7.70. The molecule has 0 radical (unpaired) electrons. The van der Waals surface area contributed by atoms with Crippen molar-refractivity contribution in [3.05, 3.63) is 52.8 Å². The fourth-order valence-electron chi connectivity index (χ4n) is 2.99. The van der Waals surface area contributed by atoms with Gasteiger partial charge in [-0.1, -0.05) is 30.3 Å². The molecular formula is C17H19F2N3O2. The molecule has 128 valence electrons. The first-order chi connectivity index (χ1) is 11.4. The van der Waals surface area contributed by atoms with Crippen LogP contribution in [-0.4, -0.2) is 28.9 Å². The maximum atomic E-state index is 12.9. The quantitative estimate of drug-likeness (QED) is 0.913. The topological polar surface area (TPSA) is 56.2 Å². The molecule has 1 saturated heterocycles. The third kappa shape index (κ3) is 2.91. The number of aryl methyl sites for hydroxylation is 1. The van der Waals surface area contributed by atoms with Crippen molar-refractivity contribution in [3.8, 4) is 0 Å². The molecule has 1 N–H and O–H groups in total. The van der Waals surface area contributed by atoms with E-state index in [0.29, 0.717) is 34.8 Å². The largest absolute Gasteiger partial charge is 0.376 e. The van der Waals surface area contributed by atoms with E-state index in [2.05, 4.69) is 10.4 Å². The van der Waals surface area contributed by atoms with Crippen molar-refractivity contribution >= 4 is 5.91 Å². The van der Waals surface area contributed by atoms with E-state index in [4.69, 9.17) is 4.74 Å². The standard InChI is InChI=1S/C17H19F2N3O2/c1-11-14(12(2)22(21-11)16(18)19)8-15(23)20-17(9-24-10-17)13-6-4-3-5-7-13/h3-7,16H,8-10H2,1-2H3,(H,20,23). The highest BCUT2D eigenvalue weighted by molar-refractivity contribution is 5.80. The summed E-state index contributed by atoms with van der Waals surface area (Å²) in [5.74, 6) is -0.234. The highest BCUT2D eigenvalue weighted by atomic mass is 19.3. The Balaban J connectivity index is 1.77. The van der Waals surface area contributed by atoms with Crippen LogP contribution in [0.1, 0.15) is 29.1 Å². The van der Waals surface area contributed by atoms with Gasteiger partial charge in [0, 0.05) is 11.3 Å². The molecule has 7 heteroatoms. The first-order valence-electron chi connectivity index (χ1n) is 7.70. The summed E-state index contributed by atoms with van der Waals surface area (Å²) in [6.45, 7) is 1.27. The number of alkyl halides is 2. The van der Waals surface area contributed by atoms with Crippen molar-refractivity contribution in [2.24, 2.45) is 0 Å². The van der Waals surface area contributed by atoms with Gasteiger partial charge in [0.25, 0.3) is 0 Å². The molecule has 1 aliphatic heterocycles. The smallest absolute Gasteiger partial charge is 0.333 e. The van der Waals surface area contributed by atoms with Gasteiger partial charge in [0.05, 0.1) is 25.3 Å². The highest BCUT2D eigenvalue weighted by Crippen LogP contribution is 2.29. The summed E-state index contributed by atoms with van der Waals surface area (Å²) >= 11 is 0. The second-order valence-corrected chi connectivity index (χ2v) is 6.04. The van der Waals surface area contributed by atoms with Gasteiger partial charge in [-0.2, -0.15) is 13.9 Å². The van der Waals surface area contributed by atoms with Crippen molar-refractivity contribution in [1.29, 1.82) is 0 Å². The molecule has 2 heterocycles. The van der Waals surface area contributed by atoms with Gasteiger partial charge in [0.1, 0.15) is 5.54 Å². The average Bonchev–Trinajstić information content (AvgIpc) is 2.80. The minimum Gasteiger partial charge on any atom is -0.376 e. The van der Waals surface area contributed by atoms with Gasteiger partial charge in [-0.25, -0.2) is 4.68 Å². The third-order valence-corrected chi connectivity index (χ3v) is 4.40. The number of carbonyl (C=O) groups excluding carboxylic acids is 1. The highest BCUT2D eigenvalue weighted by Gasteiger charge is 2.41. The number of benzene rings is 1. The predicted molar refractivity (Wildman–Crippen MR) is 83.7 cm³/mol. The summed E-state index contributed by atoms with van der Waals surface area (Å²) in [5, 5.41) is 6.81. The van der Waals surface area contributed by atoms with Crippen molar-refractivity contribution in [2.75, 3.05) is 13.2 Å². The van der Waals surface area contributed by atoms with E-state index in [9.17, 15) is 13.6 Å². The number of rotatable bonds is 5. The SMILES string of the molecule is Cc1nn(C(F)F)c(C)c1CC(=O)NC1(c2ccccc2)COC1. The Hall–Kier alpha value is -2.28. The molecule has 1 fully saturated rings. The summed E-state index contributed by atoms with van der Waals surface area (Å²) in [6.07, 6.45) is 0.0129. The van der Waals surface area contributed by atoms with Crippen LogP contribution in [0, 0.1) is 13.8 Å². The maximum absolute atomic E-state index is 12.9. The van der Waals surface area contributed by atoms with Crippen molar-refractivity contribution in [2.45, 2.75) is 32.4 Å².